The molecule has 0 radical (unpaired) electrons. The third-order valence-corrected chi connectivity index (χ3v) is 6.92. The van der Waals surface area contributed by atoms with Crippen LogP contribution >= 0.6 is 0 Å². The molecular formula is C26H28N4O4. The zero-order valence-electron chi connectivity index (χ0n) is 19.0. The first-order valence-electron chi connectivity index (χ1n) is 11.8. The summed E-state index contributed by atoms with van der Waals surface area (Å²) in [6, 6.07) is 15.3. The molecule has 2 aromatic carbocycles. The summed E-state index contributed by atoms with van der Waals surface area (Å²) in [5.74, 6) is -0.696. The van der Waals surface area contributed by atoms with Gasteiger partial charge in [0.2, 0.25) is 17.7 Å². The zero-order valence-corrected chi connectivity index (χ0v) is 19.0. The molecule has 8 nitrogen and oxygen atoms in total. The van der Waals surface area contributed by atoms with E-state index in [1.54, 1.807) is 4.90 Å². The molecule has 3 aliphatic heterocycles. The van der Waals surface area contributed by atoms with Crippen molar-refractivity contribution < 1.29 is 19.2 Å². The molecule has 3 heterocycles. The van der Waals surface area contributed by atoms with Crippen LogP contribution in [0.1, 0.15) is 52.7 Å². The highest BCUT2D eigenvalue weighted by Crippen LogP contribution is 2.28. The Morgan fingerprint density at radius 3 is 2.56 bits per heavy atom. The van der Waals surface area contributed by atoms with Crippen molar-refractivity contribution in [1.29, 1.82) is 0 Å². The van der Waals surface area contributed by atoms with E-state index in [4.69, 9.17) is 0 Å². The number of nitrogens with zero attached hydrogens (tertiary/aromatic N) is 2. The van der Waals surface area contributed by atoms with E-state index in [2.05, 4.69) is 10.6 Å². The van der Waals surface area contributed by atoms with E-state index in [1.165, 1.54) is 0 Å². The molecular weight excluding hydrogens is 432 g/mol. The number of benzene rings is 2. The summed E-state index contributed by atoms with van der Waals surface area (Å²) in [6.45, 7) is 2.35. The molecule has 5 rings (SSSR count). The third kappa shape index (κ3) is 4.59. The minimum Gasteiger partial charge on any atom is -0.338 e. The molecule has 0 aliphatic carbocycles. The molecule has 2 fully saturated rings. The monoisotopic (exact) mass is 460 g/mol. The molecule has 4 amide bonds. The normalized spacial score (nSPS) is 22.7. The number of carbonyl (C=O) groups is 4. The summed E-state index contributed by atoms with van der Waals surface area (Å²) in [5, 5.41) is 5.82. The van der Waals surface area contributed by atoms with Gasteiger partial charge in [0.1, 0.15) is 6.04 Å². The SMILES string of the molecule is O=C1CCC(N2Cc3cc(CN[C@@H]4CCN(Cc5ccccc5)C(=O)C4)ccc3C2=O)C(=O)N1. The molecule has 2 N–H and O–H groups in total. The Labute approximate surface area is 198 Å². The maximum atomic E-state index is 12.8. The Bertz CT molecular complexity index is 1130. The quantitative estimate of drug-likeness (QED) is 0.640. The fourth-order valence-corrected chi connectivity index (χ4v) is 5.02. The van der Waals surface area contributed by atoms with E-state index in [1.807, 2.05) is 53.4 Å². The summed E-state index contributed by atoms with van der Waals surface area (Å²) in [6.07, 6.45) is 1.97. The van der Waals surface area contributed by atoms with E-state index < -0.39 is 11.9 Å². The van der Waals surface area contributed by atoms with Crippen molar-refractivity contribution in [3.63, 3.8) is 0 Å². The number of piperidine rings is 2. The molecule has 2 atom stereocenters. The van der Waals surface area contributed by atoms with Crippen LogP contribution in [0.25, 0.3) is 0 Å². The topological polar surface area (TPSA) is 98.8 Å². The van der Waals surface area contributed by atoms with E-state index in [-0.39, 0.29) is 30.2 Å². The van der Waals surface area contributed by atoms with E-state index in [9.17, 15) is 19.2 Å². The lowest BCUT2D eigenvalue weighted by molar-refractivity contribution is -0.137. The largest absolute Gasteiger partial charge is 0.338 e. The van der Waals surface area contributed by atoms with Crippen LogP contribution in [-0.4, -0.2) is 52.1 Å². The van der Waals surface area contributed by atoms with Gasteiger partial charge in [-0.2, -0.15) is 0 Å². The zero-order chi connectivity index (χ0) is 23.7. The van der Waals surface area contributed by atoms with Crippen LogP contribution in [0.15, 0.2) is 48.5 Å². The Morgan fingerprint density at radius 2 is 1.79 bits per heavy atom. The van der Waals surface area contributed by atoms with Crippen LogP contribution in [0.3, 0.4) is 0 Å². The van der Waals surface area contributed by atoms with E-state index >= 15 is 0 Å². The number of amides is 4. The molecule has 8 heteroatoms. The van der Waals surface area contributed by atoms with Gasteiger partial charge in [-0.25, -0.2) is 0 Å². The molecule has 34 heavy (non-hydrogen) atoms. The van der Waals surface area contributed by atoms with Crippen molar-refractivity contribution in [3.05, 3.63) is 70.8 Å². The summed E-state index contributed by atoms with van der Waals surface area (Å²) in [5.41, 5.74) is 3.68. The van der Waals surface area contributed by atoms with Gasteiger partial charge in [0.05, 0.1) is 0 Å². The minimum absolute atomic E-state index is 0.120. The van der Waals surface area contributed by atoms with Crippen molar-refractivity contribution in [1.82, 2.24) is 20.4 Å². The molecule has 0 aromatic heterocycles. The lowest BCUT2D eigenvalue weighted by Gasteiger charge is -2.32. The van der Waals surface area contributed by atoms with E-state index in [0.29, 0.717) is 38.0 Å². The Balaban J connectivity index is 1.16. The van der Waals surface area contributed by atoms with Crippen LogP contribution in [0.2, 0.25) is 0 Å². The van der Waals surface area contributed by atoms with Gasteiger partial charge in [0, 0.05) is 50.6 Å². The Kier molecular flexibility index (Phi) is 6.15. The first-order valence-corrected chi connectivity index (χ1v) is 11.8. The van der Waals surface area contributed by atoms with Gasteiger partial charge in [-0.15, -0.1) is 0 Å². The number of nitrogens with one attached hydrogen (secondary N) is 2. The predicted octanol–water partition coefficient (Wildman–Crippen LogP) is 1.73. The molecule has 1 unspecified atom stereocenters. The van der Waals surface area contributed by atoms with Gasteiger partial charge in [-0.1, -0.05) is 42.5 Å². The molecule has 3 aliphatic rings. The second-order valence-electron chi connectivity index (χ2n) is 9.26. The number of likely N-dealkylation sites (tertiary alicyclic amines) is 1. The fourth-order valence-electron chi connectivity index (χ4n) is 5.02. The van der Waals surface area contributed by atoms with Crippen molar-refractivity contribution in [2.75, 3.05) is 6.54 Å². The highest BCUT2D eigenvalue weighted by Gasteiger charge is 2.39. The van der Waals surface area contributed by atoms with Gasteiger partial charge in [-0.05, 0) is 35.6 Å². The van der Waals surface area contributed by atoms with Gasteiger partial charge in [0.25, 0.3) is 5.91 Å². The van der Waals surface area contributed by atoms with Crippen molar-refractivity contribution in [2.45, 2.75) is 57.4 Å². The number of hydrogen-bond acceptors (Lipinski definition) is 5. The second-order valence-corrected chi connectivity index (χ2v) is 9.26. The molecule has 0 bridgehead atoms. The number of rotatable bonds is 6. The Morgan fingerprint density at radius 1 is 0.971 bits per heavy atom. The first kappa shape index (κ1) is 22.3. The smallest absolute Gasteiger partial charge is 0.255 e. The van der Waals surface area contributed by atoms with Gasteiger partial charge in [-0.3, -0.25) is 24.5 Å². The predicted molar refractivity (Wildman–Crippen MR) is 124 cm³/mol. The summed E-state index contributed by atoms with van der Waals surface area (Å²) in [4.78, 5) is 52.6. The lowest BCUT2D eigenvalue weighted by Crippen LogP contribution is -2.52. The lowest BCUT2D eigenvalue weighted by atomic mass is 10.0. The number of imide groups is 1. The molecule has 2 aromatic rings. The number of carbonyl (C=O) groups excluding carboxylic acids is 4. The molecule has 2 saturated heterocycles. The highest BCUT2D eigenvalue weighted by molar-refractivity contribution is 6.05. The van der Waals surface area contributed by atoms with Crippen LogP contribution < -0.4 is 10.6 Å². The van der Waals surface area contributed by atoms with E-state index in [0.717, 1.165) is 29.7 Å². The maximum Gasteiger partial charge on any atom is 0.255 e. The maximum absolute atomic E-state index is 12.8. The molecule has 0 spiro atoms. The molecule has 176 valence electrons. The van der Waals surface area contributed by atoms with Crippen molar-refractivity contribution >= 4 is 23.6 Å². The van der Waals surface area contributed by atoms with Crippen molar-refractivity contribution in [3.8, 4) is 0 Å². The van der Waals surface area contributed by atoms with Crippen LogP contribution in [0.5, 0.6) is 0 Å². The third-order valence-electron chi connectivity index (χ3n) is 6.92. The Hall–Kier alpha value is -3.52. The standard InChI is InChI=1S/C26H28N4O4/c31-23-9-8-22(25(33)28-23)30-16-19-12-18(6-7-21(19)26(30)34)14-27-20-10-11-29(24(32)13-20)15-17-4-2-1-3-5-17/h1-7,12,20,22,27H,8-11,13-16H2,(H,28,31,33)/t20-,22?/m1/s1. The average Bonchev–Trinajstić information content (AvgIpc) is 3.15. The summed E-state index contributed by atoms with van der Waals surface area (Å²) >= 11 is 0. The van der Waals surface area contributed by atoms with Gasteiger partial charge in [0.15, 0.2) is 0 Å². The fraction of sp³-hybridized carbons (Fsp3) is 0.385. The molecule has 0 saturated carbocycles. The highest BCUT2D eigenvalue weighted by atomic mass is 16.2. The summed E-state index contributed by atoms with van der Waals surface area (Å²) < 4.78 is 0. The second kappa shape index (κ2) is 9.38. The van der Waals surface area contributed by atoms with Crippen molar-refractivity contribution in [2.24, 2.45) is 0 Å². The first-order chi connectivity index (χ1) is 16.5. The minimum atomic E-state index is -0.605. The number of fused-ring (bicyclic) bond motifs is 1. The van der Waals surface area contributed by atoms with Gasteiger partial charge >= 0.3 is 0 Å². The average molecular weight is 461 g/mol. The number of hydrogen-bond donors (Lipinski definition) is 2. The van der Waals surface area contributed by atoms with Crippen LogP contribution in [-0.2, 0) is 34.0 Å². The van der Waals surface area contributed by atoms with Gasteiger partial charge < -0.3 is 15.1 Å². The van der Waals surface area contributed by atoms with Crippen LogP contribution in [0.4, 0.5) is 0 Å². The van der Waals surface area contributed by atoms with Crippen LogP contribution in [0, 0.1) is 0 Å². The summed E-state index contributed by atoms with van der Waals surface area (Å²) in [7, 11) is 0.